The summed E-state index contributed by atoms with van der Waals surface area (Å²) < 4.78 is 22.6. The number of carbonyl (C=O) groups excluding carboxylic acids is 5. The first-order valence-corrected chi connectivity index (χ1v) is 34.8. The molecule has 502 valence electrons. The molecule has 0 spiro atoms. The average Bonchev–Trinajstić information content (AvgIpc) is 1.34. The largest absolute Gasteiger partial charge is 0.514 e. The zero-order valence-electron chi connectivity index (χ0n) is 56.7. The molecular formula is C79H102N6O9. The third-order valence-electron chi connectivity index (χ3n) is 21.2. The van der Waals surface area contributed by atoms with Gasteiger partial charge in [0.2, 0.25) is 23.6 Å². The van der Waals surface area contributed by atoms with Crippen molar-refractivity contribution in [3.63, 3.8) is 0 Å². The molecule has 5 aromatic rings. The molecule has 3 saturated carbocycles. The van der Waals surface area contributed by atoms with Crippen molar-refractivity contribution in [1.29, 1.82) is 5.26 Å². The fourth-order valence-corrected chi connectivity index (χ4v) is 16.1. The van der Waals surface area contributed by atoms with Crippen LogP contribution in [0.1, 0.15) is 172 Å². The quantitative estimate of drug-likeness (QED) is 0.0138. The highest BCUT2D eigenvalue weighted by Gasteiger charge is 2.59. The Bertz CT molecular complexity index is 3350. The third kappa shape index (κ3) is 19.4. The Morgan fingerprint density at radius 2 is 1.41 bits per heavy atom. The molecule has 0 unspecified atom stereocenters. The van der Waals surface area contributed by atoms with Crippen molar-refractivity contribution in [2.75, 3.05) is 37.0 Å². The van der Waals surface area contributed by atoms with E-state index in [1.54, 1.807) is 73.3 Å². The molecule has 3 fully saturated rings. The lowest BCUT2D eigenvalue weighted by Crippen LogP contribution is -2.51. The molecule has 0 radical (unpaired) electrons. The van der Waals surface area contributed by atoms with Crippen LogP contribution >= 0.6 is 0 Å². The molecule has 5 aromatic carbocycles. The lowest BCUT2D eigenvalue weighted by atomic mass is 9.47. The van der Waals surface area contributed by atoms with Crippen LogP contribution in [0.2, 0.25) is 0 Å². The Morgan fingerprint density at radius 1 is 0.702 bits per heavy atom. The highest BCUT2D eigenvalue weighted by molar-refractivity contribution is 5.97. The van der Waals surface area contributed by atoms with E-state index in [0.717, 1.165) is 76.6 Å². The highest BCUT2D eigenvalue weighted by Crippen LogP contribution is 2.67. The molecule has 4 N–H and O–H groups in total. The van der Waals surface area contributed by atoms with Gasteiger partial charge in [-0.2, -0.15) is 5.26 Å². The first kappa shape index (κ1) is 70.4. The van der Waals surface area contributed by atoms with E-state index in [0.29, 0.717) is 73.4 Å². The number of rotatable bonds is 32. The minimum Gasteiger partial charge on any atom is -0.497 e. The summed E-state index contributed by atoms with van der Waals surface area (Å²) in [5, 5.41) is 21.5. The predicted octanol–water partition coefficient (Wildman–Crippen LogP) is 15.9. The number of unbranched alkanes of at least 4 members (excludes halogenated alkanes) is 1. The van der Waals surface area contributed by atoms with E-state index in [1.807, 2.05) is 73.7 Å². The number of methoxy groups -OCH3 is 1. The number of anilines is 3. The second kappa shape index (κ2) is 33.9. The second-order valence-corrected chi connectivity index (χ2v) is 28.2. The number of nitriles is 1. The minimum atomic E-state index is -0.966. The van der Waals surface area contributed by atoms with Gasteiger partial charge in [-0.05, 0) is 221 Å². The normalized spacial score (nSPS) is 22.1. The summed E-state index contributed by atoms with van der Waals surface area (Å²) in [4.78, 5) is 70.2. The summed E-state index contributed by atoms with van der Waals surface area (Å²) in [5.41, 5.74) is 7.76. The summed E-state index contributed by atoms with van der Waals surface area (Å²) in [6.45, 7) is 16.0. The molecule has 15 heteroatoms. The second-order valence-electron chi connectivity index (χ2n) is 28.2. The smallest absolute Gasteiger partial charge is 0.497 e. The number of hydrogen-bond acceptors (Lipinski definition) is 11. The van der Waals surface area contributed by atoms with Gasteiger partial charge in [0.15, 0.2) is 0 Å². The molecule has 4 aliphatic rings. The zero-order chi connectivity index (χ0) is 66.6. The minimum absolute atomic E-state index is 0.0328. The number of ether oxygens (including phenoxy) is 4. The van der Waals surface area contributed by atoms with Gasteiger partial charge in [-0.1, -0.05) is 126 Å². The Balaban J connectivity index is 0.760. The van der Waals surface area contributed by atoms with Crippen molar-refractivity contribution in [3.8, 4) is 17.6 Å². The van der Waals surface area contributed by atoms with Crippen LogP contribution in [0.3, 0.4) is 0 Å². The number of fused-ring (bicyclic) bond motifs is 5. The van der Waals surface area contributed by atoms with Crippen molar-refractivity contribution in [1.82, 2.24) is 16.0 Å². The first-order valence-electron chi connectivity index (χ1n) is 34.8. The molecular weight excluding hydrogens is 1180 g/mol. The molecule has 9 rings (SSSR count). The van der Waals surface area contributed by atoms with Crippen molar-refractivity contribution in [3.05, 3.63) is 161 Å². The number of carbonyl (C=O) groups is 5. The summed E-state index contributed by atoms with van der Waals surface area (Å²) >= 11 is 0. The molecule has 4 amide bonds. The highest BCUT2D eigenvalue weighted by atomic mass is 16.7. The van der Waals surface area contributed by atoms with Crippen molar-refractivity contribution >= 4 is 46.8 Å². The van der Waals surface area contributed by atoms with E-state index in [1.165, 1.54) is 57.8 Å². The maximum atomic E-state index is 14.3. The van der Waals surface area contributed by atoms with Crippen LogP contribution in [0, 0.1) is 64.6 Å². The van der Waals surface area contributed by atoms with Crippen LogP contribution in [0.5, 0.6) is 11.5 Å². The maximum absolute atomic E-state index is 14.3. The van der Waals surface area contributed by atoms with Crippen LogP contribution in [-0.2, 0) is 41.7 Å². The Hall–Kier alpha value is -7.96. The van der Waals surface area contributed by atoms with Gasteiger partial charge in [0.25, 0.3) is 0 Å². The number of allylic oxidation sites excluding steroid dienone is 1. The zero-order valence-corrected chi connectivity index (χ0v) is 56.7. The summed E-state index contributed by atoms with van der Waals surface area (Å²) in [6, 6.07) is 39.2. The van der Waals surface area contributed by atoms with Crippen molar-refractivity contribution in [2.24, 2.45) is 46.3 Å². The molecule has 0 bridgehead atoms. The number of benzene rings is 5. The molecule has 0 aliphatic heterocycles. The van der Waals surface area contributed by atoms with Gasteiger partial charge >= 0.3 is 6.16 Å². The van der Waals surface area contributed by atoms with Gasteiger partial charge in [0.1, 0.15) is 24.1 Å². The topological polar surface area (TPSA) is 197 Å². The van der Waals surface area contributed by atoms with Crippen molar-refractivity contribution in [2.45, 2.75) is 188 Å². The van der Waals surface area contributed by atoms with E-state index in [9.17, 15) is 29.2 Å². The van der Waals surface area contributed by atoms with Crippen LogP contribution in [0.4, 0.5) is 21.9 Å². The van der Waals surface area contributed by atoms with E-state index in [2.05, 4.69) is 72.9 Å². The molecule has 15 nitrogen and oxygen atoms in total. The van der Waals surface area contributed by atoms with E-state index < -0.39 is 30.1 Å². The SMILES string of the molecule is COc1ccc(N(CCCC[C@H](NC(=O)C[C@H](Cc2ccc(C#N)cc2)NC(=O)CCC(=O)NCCCO[C@H]2CC[C@@]3(C)C(=CC[C@H]4[C@@H]5CC[C@H]([C@H](C)CCCC(C)C)[C@@]5(C)CC[C@@H]43)C2)C(=O)Nc2ccc(COC(=O)Oc3ccc(C)cc3)cc2)c2ccccc2)cc1. The van der Waals surface area contributed by atoms with E-state index in [4.69, 9.17) is 18.9 Å². The molecule has 0 heterocycles. The summed E-state index contributed by atoms with van der Waals surface area (Å²) in [5.74, 6) is 4.46. The van der Waals surface area contributed by atoms with Crippen LogP contribution in [0.15, 0.2) is 139 Å². The van der Waals surface area contributed by atoms with E-state index >= 15 is 0 Å². The number of nitrogens with zero attached hydrogens (tertiary/aromatic N) is 2. The maximum Gasteiger partial charge on any atom is 0.514 e. The van der Waals surface area contributed by atoms with Gasteiger partial charge < -0.3 is 45.1 Å². The number of amides is 4. The Labute approximate surface area is 558 Å². The van der Waals surface area contributed by atoms with Crippen LogP contribution in [-0.4, -0.2) is 74.8 Å². The van der Waals surface area contributed by atoms with Gasteiger partial charge in [-0.15, -0.1) is 0 Å². The Kier molecular flexibility index (Phi) is 25.4. The van der Waals surface area contributed by atoms with Crippen LogP contribution < -0.4 is 35.6 Å². The predicted molar refractivity (Wildman–Crippen MR) is 370 cm³/mol. The number of nitrogens with one attached hydrogen (secondary N) is 4. The van der Waals surface area contributed by atoms with Crippen molar-refractivity contribution < 1.29 is 42.9 Å². The van der Waals surface area contributed by atoms with Gasteiger partial charge in [-0.3, -0.25) is 19.2 Å². The Morgan fingerprint density at radius 3 is 2.14 bits per heavy atom. The molecule has 10 atom stereocenters. The monoisotopic (exact) mass is 1280 g/mol. The summed E-state index contributed by atoms with van der Waals surface area (Å²) in [6.07, 6.45) is 18.2. The number of hydrogen-bond donors (Lipinski definition) is 4. The lowest BCUT2D eigenvalue weighted by Gasteiger charge is -2.58. The fraction of sp³-hybridized carbons (Fsp3) is 0.519. The van der Waals surface area contributed by atoms with Gasteiger partial charge in [0.05, 0.1) is 24.8 Å². The lowest BCUT2D eigenvalue weighted by molar-refractivity contribution is -0.128. The van der Waals surface area contributed by atoms with E-state index in [-0.39, 0.29) is 55.6 Å². The standard InChI is InChI=1S/C79H102N6O9/c1-54(2)15-13-16-56(4)69-38-39-70-68-37-28-60-50-67(42-44-78(60,5)71(68)43-45-79(69,70)6)92-48-14-46-81-73(86)40-41-74(87)82-62(49-57-22-24-58(52-80)25-23-57)51-75(88)84-72(19-11-12-47-85(63-17-9-8-10-18-63)64-31-35-65(91-7)36-32-64)76(89)83-61-29-26-59(27-30-61)53-93-77(90)94-66-33-20-55(3)21-34-66/h8-10,17-18,20-36,54,56,62,67-72H,11-16,19,37-51,53H2,1-7H3,(H,81,86)(H,82,87)(H,83,89)(H,84,88)/t56-,62+,67+,68+,69-,70+,71+,72+,78+,79-/m1/s1. The number of aryl methyl sites for hydroxylation is 1. The molecule has 0 saturated heterocycles. The summed E-state index contributed by atoms with van der Waals surface area (Å²) in [7, 11) is 1.63. The third-order valence-corrected chi connectivity index (χ3v) is 21.2. The number of para-hydroxylation sites is 1. The molecule has 0 aromatic heterocycles. The van der Waals surface area contributed by atoms with Gasteiger partial charge in [-0.25, -0.2) is 4.79 Å². The fourth-order valence-electron chi connectivity index (χ4n) is 16.1. The van der Waals surface area contributed by atoms with Crippen LogP contribution in [0.25, 0.3) is 0 Å². The first-order chi connectivity index (χ1) is 45.4. The molecule has 94 heavy (non-hydrogen) atoms. The molecule has 4 aliphatic carbocycles. The van der Waals surface area contributed by atoms with Gasteiger partial charge in [0, 0.05) is 62.1 Å². The average molecular weight is 1280 g/mol.